The monoisotopic (exact) mass is 342 g/mol. The number of fused-ring (bicyclic) bond motifs is 1. The van der Waals surface area contributed by atoms with Crippen molar-refractivity contribution < 1.29 is 19.4 Å². The maximum atomic E-state index is 11.5. The number of carbonyl (C=O) groups excluding carboxylic acids is 1. The molecule has 0 saturated heterocycles. The van der Waals surface area contributed by atoms with Crippen LogP contribution in [0.5, 0.6) is 5.75 Å². The molecule has 0 bridgehead atoms. The Morgan fingerprint density at radius 3 is 2.60 bits per heavy atom. The van der Waals surface area contributed by atoms with E-state index < -0.39 is 18.4 Å². The highest BCUT2D eigenvalue weighted by molar-refractivity contribution is 5.92. The second-order valence-electron chi connectivity index (χ2n) is 5.65. The SMILES string of the molecule is C=CCN(CC=C)CCc1c[nH]c2ccc(OC(=O)CC(=O)O)cc12. The van der Waals surface area contributed by atoms with Crippen molar-refractivity contribution in [3.05, 3.63) is 55.3 Å². The minimum absolute atomic E-state index is 0.341. The van der Waals surface area contributed by atoms with E-state index in [1.165, 1.54) is 0 Å². The van der Waals surface area contributed by atoms with Crippen molar-refractivity contribution in [3.63, 3.8) is 0 Å². The summed E-state index contributed by atoms with van der Waals surface area (Å²) < 4.78 is 5.09. The van der Waals surface area contributed by atoms with Gasteiger partial charge < -0.3 is 14.8 Å². The molecule has 1 aromatic carbocycles. The lowest BCUT2D eigenvalue weighted by Gasteiger charge is -2.18. The predicted octanol–water partition coefficient (Wildman–Crippen LogP) is 2.76. The van der Waals surface area contributed by atoms with Gasteiger partial charge in [0.05, 0.1) is 0 Å². The molecule has 1 heterocycles. The third kappa shape index (κ3) is 5.32. The Morgan fingerprint density at radius 2 is 1.96 bits per heavy atom. The number of aromatic amines is 1. The van der Waals surface area contributed by atoms with Gasteiger partial charge in [0, 0.05) is 36.7 Å². The highest BCUT2D eigenvalue weighted by atomic mass is 16.5. The molecule has 2 N–H and O–H groups in total. The van der Waals surface area contributed by atoms with Crippen molar-refractivity contribution in [1.29, 1.82) is 0 Å². The maximum absolute atomic E-state index is 11.5. The van der Waals surface area contributed by atoms with Crippen LogP contribution in [0.2, 0.25) is 0 Å². The van der Waals surface area contributed by atoms with E-state index in [-0.39, 0.29) is 0 Å². The van der Waals surface area contributed by atoms with Crippen LogP contribution in [0.3, 0.4) is 0 Å². The van der Waals surface area contributed by atoms with E-state index >= 15 is 0 Å². The van der Waals surface area contributed by atoms with Crippen molar-refractivity contribution in [2.24, 2.45) is 0 Å². The summed E-state index contributed by atoms with van der Waals surface area (Å²) >= 11 is 0. The molecule has 6 nitrogen and oxygen atoms in total. The number of carboxylic acid groups (broad SMARTS) is 1. The van der Waals surface area contributed by atoms with Crippen LogP contribution in [0, 0.1) is 0 Å². The minimum Gasteiger partial charge on any atom is -0.481 e. The first-order chi connectivity index (χ1) is 12.0. The van der Waals surface area contributed by atoms with Crippen molar-refractivity contribution in [2.75, 3.05) is 19.6 Å². The summed E-state index contributed by atoms with van der Waals surface area (Å²) in [5.74, 6) is -1.65. The number of esters is 1. The van der Waals surface area contributed by atoms with E-state index in [1.807, 2.05) is 24.4 Å². The number of carbonyl (C=O) groups is 2. The molecule has 2 aromatic rings. The maximum Gasteiger partial charge on any atom is 0.322 e. The largest absolute Gasteiger partial charge is 0.481 e. The van der Waals surface area contributed by atoms with Gasteiger partial charge in [-0.05, 0) is 30.2 Å². The number of nitrogens with one attached hydrogen (secondary N) is 1. The number of aliphatic carboxylic acids is 1. The molecular formula is C19H22N2O4. The van der Waals surface area contributed by atoms with Crippen molar-refractivity contribution in [1.82, 2.24) is 9.88 Å². The Kier molecular flexibility index (Phi) is 6.54. The fourth-order valence-electron chi connectivity index (χ4n) is 2.62. The first-order valence-corrected chi connectivity index (χ1v) is 8.00. The van der Waals surface area contributed by atoms with E-state index in [2.05, 4.69) is 23.0 Å². The molecule has 132 valence electrons. The zero-order valence-electron chi connectivity index (χ0n) is 14.0. The van der Waals surface area contributed by atoms with Crippen LogP contribution < -0.4 is 4.74 Å². The third-order valence-corrected chi connectivity index (χ3v) is 3.74. The smallest absolute Gasteiger partial charge is 0.322 e. The second kappa shape index (κ2) is 8.84. The fourth-order valence-corrected chi connectivity index (χ4v) is 2.62. The number of aromatic nitrogens is 1. The Bertz CT molecular complexity index is 769. The van der Waals surface area contributed by atoms with Gasteiger partial charge in [0.1, 0.15) is 12.2 Å². The lowest BCUT2D eigenvalue weighted by Crippen LogP contribution is -2.26. The summed E-state index contributed by atoms with van der Waals surface area (Å²) in [5.41, 5.74) is 2.04. The van der Waals surface area contributed by atoms with E-state index in [0.717, 1.165) is 42.5 Å². The molecule has 0 radical (unpaired) electrons. The summed E-state index contributed by atoms with van der Waals surface area (Å²) in [6, 6.07) is 5.21. The number of H-pyrrole nitrogens is 1. The molecule has 0 fully saturated rings. The summed E-state index contributed by atoms with van der Waals surface area (Å²) in [6.07, 6.45) is 5.81. The Labute approximate surface area is 146 Å². The Morgan fingerprint density at radius 1 is 1.24 bits per heavy atom. The second-order valence-corrected chi connectivity index (χ2v) is 5.65. The Balaban J connectivity index is 2.11. The number of ether oxygens (including phenoxy) is 1. The highest BCUT2D eigenvalue weighted by Gasteiger charge is 2.12. The van der Waals surface area contributed by atoms with Crippen LogP contribution in [0.25, 0.3) is 10.9 Å². The van der Waals surface area contributed by atoms with Crippen LogP contribution in [-0.2, 0) is 16.0 Å². The van der Waals surface area contributed by atoms with Crippen molar-refractivity contribution in [2.45, 2.75) is 12.8 Å². The van der Waals surface area contributed by atoms with Crippen LogP contribution in [0.1, 0.15) is 12.0 Å². The van der Waals surface area contributed by atoms with E-state index in [9.17, 15) is 9.59 Å². The summed E-state index contributed by atoms with van der Waals surface area (Å²) in [4.78, 5) is 27.5. The number of carboxylic acids is 1. The molecule has 0 atom stereocenters. The van der Waals surface area contributed by atoms with Gasteiger partial charge in [0.2, 0.25) is 0 Å². The molecule has 0 spiro atoms. The molecule has 0 amide bonds. The first kappa shape index (κ1) is 18.5. The number of hydrogen-bond donors (Lipinski definition) is 2. The van der Waals surface area contributed by atoms with Crippen LogP contribution in [0.4, 0.5) is 0 Å². The molecule has 0 aliphatic rings. The molecule has 1 aromatic heterocycles. The summed E-state index contributed by atoms with van der Waals surface area (Å²) in [5, 5.41) is 9.59. The third-order valence-electron chi connectivity index (χ3n) is 3.74. The molecule has 6 heteroatoms. The van der Waals surface area contributed by atoms with Crippen LogP contribution in [-0.4, -0.2) is 46.6 Å². The van der Waals surface area contributed by atoms with Gasteiger partial charge in [0.15, 0.2) is 0 Å². The van der Waals surface area contributed by atoms with Gasteiger partial charge in [0.25, 0.3) is 0 Å². The molecule has 25 heavy (non-hydrogen) atoms. The number of rotatable bonds is 10. The van der Waals surface area contributed by atoms with Crippen molar-refractivity contribution >= 4 is 22.8 Å². The van der Waals surface area contributed by atoms with Gasteiger partial charge in [-0.3, -0.25) is 14.5 Å². The minimum atomic E-state index is -1.21. The molecule has 0 unspecified atom stereocenters. The van der Waals surface area contributed by atoms with E-state index in [0.29, 0.717) is 5.75 Å². The quantitative estimate of drug-likeness (QED) is 0.300. The molecular weight excluding hydrogens is 320 g/mol. The lowest BCUT2D eigenvalue weighted by atomic mass is 10.1. The van der Waals surface area contributed by atoms with E-state index in [4.69, 9.17) is 9.84 Å². The standard InChI is InChI=1S/C19H22N2O4/c1-3-8-21(9-4-2)10-7-14-13-20-17-6-5-15(11-16(14)17)25-19(24)12-18(22)23/h3-6,11,13,20H,1-2,7-10,12H2,(H,22,23). The lowest BCUT2D eigenvalue weighted by molar-refractivity contribution is -0.145. The van der Waals surface area contributed by atoms with E-state index in [1.54, 1.807) is 12.1 Å². The first-order valence-electron chi connectivity index (χ1n) is 8.00. The number of hydrogen-bond acceptors (Lipinski definition) is 4. The average Bonchev–Trinajstić information content (AvgIpc) is 2.94. The average molecular weight is 342 g/mol. The topological polar surface area (TPSA) is 82.6 Å². The van der Waals surface area contributed by atoms with Gasteiger partial charge in [-0.25, -0.2) is 0 Å². The summed E-state index contributed by atoms with van der Waals surface area (Å²) in [6.45, 7) is 9.94. The Hall–Kier alpha value is -2.86. The fraction of sp³-hybridized carbons (Fsp3) is 0.263. The van der Waals surface area contributed by atoms with Gasteiger partial charge in [-0.15, -0.1) is 13.2 Å². The van der Waals surface area contributed by atoms with Gasteiger partial charge in [-0.2, -0.15) is 0 Å². The normalized spacial score (nSPS) is 10.8. The van der Waals surface area contributed by atoms with Crippen LogP contribution >= 0.6 is 0 Å². The zero-order chi connectivity index (χ0) is 18.2. The predicted molar refractivity (Wildman–Crippen MR) is 96.7 cm³/mol. The molecule has 0 saturated carbocycles. The molecule has 0 aliphatic heterocycles. The van der Waals surface area contributed by atoms with Gasteiger partial charge in [-0.1, -0.05) is 12.2 Å². The molecule has 2 rings (SSSR count). The molecule has 0 aliphatic carbocycles. The van der Waals surface area contributed by atoms with Crippen LogP contribution in [0.15, 0.2) is 49.7 Å². The van der Waals surface area contributed by atoms with Crippen molar-refractivity contribution in [3.8, 4) is 5.75 Å². The highest BCUT2D eigenvalue weighted by Crippen LogP contribution is 2.24. The zero-order valence-corrected chi connectivity index (χ0v) is 14.0. The van der Waals surface area contributed by atoms with Gasteiger partial charge >= 0.3 is 11.9 Å². The number of nitrogens with zero attached hydrogens (tertiary/aromatic N) is 1. The number of benzene rings is 1. The summed E-state index contributed by atoms with van der Waals surface area (Å²) in [7, 11) is 0.